The summed E-state index contributed by atoms with van der Waals surface area (Å²) in [5.41, 5.74) is 1.31. The molecule has 0 aliphatic carbocycles. The van der Waals surface area contributed by atoms with Crippen molar-refractivity contribution in [2.24, 2.45) is 0 Å². The van der Waals surface area contributed by atoms with E-state index in [1.54, 1.807) is 0 Å². The van der Waals surface area contributed by atoms with Gasteiger partial charge in [0.05, 0.1) is 24.9 Å². The number of unbranched alkanes of at least 4 members (excludes halogenated alkanes) is 1. The van der Waals surface area contributed by atoms with Gasteiger partial charge in [0.25, 0.3) is 0 Å². The Balaban J connectivity index is 2.13. The van der Waals surface area contributed by atoms with Gasteiger partial charge in [0.1, 0.15) is 0 Å². The number of carbonyl (C=O) groups is 1. The van der Waals surface area contributed by atoms with Crippen LogP contribution in [-0.2, 0) is 19.0 Å². The van der Waals surface area contributed by atoms with Gasteiger partial charge in [-0.25, -0.2) is 4.79 Å². The van der Waals surface area contributed by atoms with Crippen LogP contribution >= 0.6 is 0 Å². The van der Waals surface area contributed by atoms with Gasteiger partial charge in [0.15, 0.2) is 6.29 Å². The fourth-order valence-electron chi connectivity index (χ4n) is 2.58. The second kappa shape index (κ2) is 8.11. The molecular weight excluding hydrogens is 280 g/mol. The minimum Gasteiger partial charge on any atom is -0.466 e. The van der Waals surface area contributed by atoms with Crippen LogP contribution < -0.4 is 0 Å². The molecule has 0 saturated carbocycles. The standard InChI is InChI=1S/C18H24O4/c1-4-5-11-15-12-16(13(2)17(19)20-3)22-18(21-15)14-9-7-6-8-10-14/h6-10,15-16,18H,2,4-5,11-12H2,1,3H3/t15-,16-,18-/m1/s1. The quantitative estimate of drug-likeness (QED) is 0.592. The van der Waals surface area contributed by atoms with E-state index in [1.807, 2.05) is 30.3 Å². The summed E-state index contributed by atoms with van der Waals surface area (Å²) >= 11 is 0. The van der Waals surface area contributed by atoms with Gasteiger partial charge in [-0.2, -0.15) is 0 Å². The van der Waals surface area contributed by atoms with Gasteiger partial charge in [-0.1, -0.05) is 56.7 Å². The Hall–Kier alpha value is -1.65. The summed E-state index contributed by atoms with van der Waals surface area (Å²) in [4.78, 5) is 11.7. The first-order chi connectivity index (χ1) is 10.7. The van der Waals surface area contributed by atoms with Gasteiger partial charge in [-0.05, 0) is 6.42 Å². The number of carbonyl (C=O) groups excluding carboxylic acids is 1. The van der Waals surface area contributed by atoms with Crippen molar-refractivity contribution in [3.05, 3.63) is 48.0 Å². The van der Waals surface area contributed by atoms with Crippen LogP contribution in [0.5, 0.6) is 0 Å². The minimum atomic E-state index is -0.469. The number of hydrogen-bond donors (Lipinski definition) is 0. The Morgan fingerprint density at radius 2 is 2.05 bits per heavy atom. The van der Waals surface area contributed by atoms with Crippen LogP contribution in [-0.4, -0.2) is 25.3 Å². The first kappa shape index (κ1) is 16.7. The van der Waals surface area contributed by atoms with Crippen LogP contribution in [0.25, 0.3) is 0 Å². The van der Waals surface area contributed by atoms with Gasteiger partial charge < -0.3 is 14.2 Å². The second-order valence-corrected chi connectivity index (χ2v) is 5.52. The van der Waals surface area contributed by atoms with Crippen molar-refractivity contribution >= 4 is 5.97 Å². The molecule has 0 radical (unpaired) electrons. The SMILES string of the molecule is C=C(C(=O)OC)[C@H]1C[C@@H](CCCC)O[C@@H](c2ccccc2)O1. The number of hydrogen-bond acceptors (Lipinski definition) is 4. The van der Waals surface area contributed by atoms with Gasteiger partial charge >= 0.3 is 5.97 Å². The van der Waals surface area contributed by atoms with Crippen LogP contribution in [0, 0.1) is 0 Å². The molecule has 0 amide bonds. The Kier molecular flexibility index (Phi) is 6.16. The van der Waals surface area contributed by atoms with Crippen molar-refractivity contribution in [2.75, 3.05) is 7.11 Å². The lowest BCUT2D eigenvalue weighted by atomic mass is 9.99. The third-order valence-corrected chi connectivity index (χ3v) is 3.87. The third-order valence-electron chi connectivity index (χ3n) is 3.87. The van der Waals surface area contributed by atoms with Crippen LogP contribution in [0.4, 0.5) is 0 Å². The molecular formula is C18H24O4. The maximum Gasteiger partial charge on any atom is 0.335 e. The predicted octanol–water partition coefficient (Wildman–Crippen LogP) is 3.78. The van der Waals surface area contributed by atoms with Crippen LogP contribution in [0.15, 0.2) is 42.5 Å². The van der Waals surface area contributed by atoms with E-state index in [1.165, 1.54) is 7.11 Å². The lowest BCUT2D eigenvalue weighted by Crippen LogP contribution is -2.36. The third kappa shape index (κ3) is 4.18. The maximum atomic E-state index is 11.7. The summed E-state index contributed by atoms with van der Waals surface area (Å²) in [6, 6.07) is 9.77. The van der Waals surface area contributed by atoms with Crippen molar-refractivity contribution < 1.29 is 19.0 Å². The summed E-state index contributed by atoms with van der Waals surface area (Å²) in [5, 5.41) is 0. The van der Waals surface area contributed by atoms with E-state index in [2.05, 4.69) is 13.5 Å². The highest BCUT2D eigenvalue weighted by Crippen LogP contribution is 2.34. The molecule has 22 heavy (non-hydrogen) atoms. The smallest absolute Gasteiger partial charge is 0.335 e. The van der Waals surface area contributed by atoms with Crippen molar-refractivity contribution in [2.45, 2.75) is 51.1 Å². The van der Waals surface area contributed by atoms with Crippen molar-refractivity contribution in [1.82, 2.24) is 0 Å². The lowest BCUT2D eigenvalue weighted by molar-refractivity contribution is -0.241. The molecule has 0 spiro atoms. The molecule has 1 aliphatic rings. The highest BCUT2D eigenvalue weighted by atomic mass is 16.7. The number of rotatable bonds is 6. The molecule has 1 aromatic rings. The van der Waals surface area contributed by atoms with Crippen molar-refractivity contribution in [1.29, 1.82) is 0 Å². The molecule has 0 aromatic heterocycles. The van der Waals surface area contributed by atoms with E-state index in [-0.39, 0.29) is 12.2 Å². The molecule has 0 unspecified atom stereocenters. The largest absolute Gasteiger partial charge is 0.466 e. The molecule has 1 fully saturated rings. The lowest BCUT2D eigenvalue weighted by Gasteiger charge is -2.36. The molecule has 1 saturated heterocycles. The van der Waals surface area contributed by atoms with Gasteiger partial charge in [0, 0.05) is 12.0 Å². The minimum absolute atomic E-state index is 0.0605. The van der Waals surface area contributed by atoms with E-state index in [0.717, 1.165) is 24.8 Å². The summed E-state index contributed by atoms with van der Waals surface area (Å²) in [5.74, 6) is -0.423. The average Bonchev–Trinajstić information content (AvgIpc) is 2.59. The van der Waals surface area contributed by atoms with Crippen molar-refractivity contribution in [3.63, 3.8) is 0 Å². The Bertz CT molecular complexity index is 497. The molecule has 120 valence electrons. The molecule has 4 nitrogen and oxygen atoms in total. The second-order valence-electron chi connectivity index (χ2n) is 5.52. The highest BCUT2D eigenvalue weighted by Gasteiger charge is 2.34. The van der Waals surface area contributed by atoms with Gasteiger partial charge in [0.2, 0.25) is 0 Å². The molecule has 2 rings (SSSR count). The van der Waals surface area contributed by atoms with Crippen LogP contribution in [0.2, 0.25) is 0 Å². The number of benzene rings is 1. The van der Waals surface area contributed by atoms with E-state index in [4.69, 9.17) is 14.2 Å². The van der Waals surface area contributed by atoms with Crippen LogP contribution in [0.1, 0.15) is 44.5 Å². The van der Waals surface area contributed by atoms with E-state index >= 15 is 0 Å². The number of ether oxygens (including phenoxy) is 3. The molecule has 1 aromatic carbocycles. The molecule has 3 atom stereocenters. The fourth-order valence-corrected chi connectivity index (χ4v) is 2.58. The summed E-state index contributed by atoms with van der Waals surface area (Å²) < 4.78 is 16.8. The van der Waals surface area contributed by atoms with Gasteiger partial charge in [-0.3, -0.25) is 0 Å². The zero-order chi connectivity index (χ0) is 15.9. The summed E-state index contributed by atoms with van der Waals surface area (Å²) in [6.45, 7) is 5.99. The zero-order valence-electron chi connectivity index (χ0n) is 13.3. The topological polar surface area (TPSA) is 44.8 Å². The Labute approximate surface area is 132 Å². The van der Waals surface area contributed by atoms with E-state index in [0.29, 0.717) is 12.0 Å². The average molecular weight is 304 g/mol. The van der Waals surface area contributed by atoms with Crippen molar-refractivity contribution in [3.8, 4) is 0 Å². The summed E-state index contributed by atoms with van der Waals surface area (Å²) in [6.07, 6.45) is 3.01. The first-order valence-electron chi connectivity index (χ1n) is 7.78. The number of methoxy groups -OCH3 is 1. The Morgan fingerprint density at radius 1 is 1.32 bits per heavy atom. The molecule has 1 heterocycles. The zero-order valence-corrected chi connectivity index (χ0v) is 13.3. The van der Waals surface area contributed by atoms with E-state index in [9.17, 15) is 4.79 Å². The highest BCUT2D eigenvalue weighted by molar-refractivity contribution is 5.88. The van der Waals surface area contributed by atoms with Gasteiger partial charge in [-0.15, -0.1) is 0 Å². The Morgan fingerprint density at radius 3 is 2.68 bits per heavy atom. The normalized spacial score (nSPS) is 24.7. The predicted molar refractivity (Wildman–Crippen MR) is 84.2 cm³/mol. The summed E-state index contributed by atoms with van der Waals surface area (Å²) in [7, 11) is 1.36. The molecule has 1 aliphatic heterocycles. The molecule has 4 heteroatoms. The van der Waals surface area contributed by atoms with Crippen LogP contribution in [0.3, 0.4) is 0 Å². The molecule has 0 bridgehead atoms. The first-order valence-corrected chi connectivity index (χ1v) is 7.78. The number of esters is 1. The fraction of sp³-hybridized carbons (Fsp3) is 0.500. The molecule has 0 N–H and O–H groups in total. The maximum absolute atomic E-state index is 11.7. The van der Waals surface area contributed by atoms with E-state index < -0.39 is 12.3 Å². The monoisotopic (exact) mass is 304 g/mol.